The van der Waals surface area contributed by atoms with Gasteiger partial charge in [0, 0.05) is 50.5 Å². The Hall–Kier alpha value is -7.77. The van der Waals surface area contributed by atoms with Crippen LogP contribution >= 0.6 is 0 Å². The van der Waals surface area contributed by atoms with Crippen molar-refractivity contribution in [1.82, 2.24) is 4.57 Å². The summed E-state index contributed by atoms with van der Waals surface area (Å²) >= 11 is 0. The lowest BCUT2D eigenvalue weighted by Crippen LogP contribution is -2.61. The first-order valence-electron chi connectivity index (χ1n) is 20.8. The van der Waals surface area contributed by atoms with Gasteiger partial charge in [-0.25, -0.2) is 0 Å². The van der Waals surface area contributed by atoms with Gasteiger partial charge < -0.3 is 14.4 Å². The molecular formula is C55H35BF3N3. The number of halogens is 3. The first kappa shape index (κ1) is 36.1. The molecule has 0 spiro atoms. The largest absolute Gasteiger partial charge is 0.416 e. The second-order valence-corrected chi connectivity index (χ2v) is 16.0. The van der Waals surface area contributed by atoms with Crippen LogP contribution in [0, 0.1) is 0 Å². The normalized spacial score (nSPS) is 13.0. The smallest absolute Gasteiger partial charge is 0.311 e. The highest BCUT2D eigenvalue weighted by Crippen LogP contribution is 2.47. The number of para-hydroxylation sites is 6. The topological polar surface area (TPSA) is 11.4 Å². The van der Waals surface area contributed by atoms with E-state index in [0.717, 1.165) is 84.4 Å². The number of nitrogens with zero attached hydrogens (tertiary/aromatic N) is 3. The molecular weight excluding hydrogens is 770 g/mol. The van der Waals surface area contributed by atoms with Gasteiger partial charge in [0.05, 0.1) is 22.3 Å². The van der Waals surface area contributed by atoms with Crippen LogP contribution in [0.5, 0.6) is 0 Å². The Morgan fingerprint density at radius 2 is 0.919 bits per heavy atom. The van der Waals surface area contributed by atoms with E-state index in [0.29, 0.717) is 5.56 Å². The average molecular weight is 806 g/mol. The summed E-state index contributed by atoms with van der Waals surface area (Å²) in [6.07, 6.45) is -4.45. The van der Waals surface area contributed by atoms with Gasteiger partial charge in [-0.2, -0.15) is 13.2 Å². The lowest BCUT2D eigenvalue weighted by molar-refractivity contribution is -0.137. The highest BCUT2D eigenvalue weighted by Gasteiger charge is 2.43. The van der Waals surface area contributed by atoms with Crippen LogP contribution in [0.15, 0.2) is 212 Å². The number of aromatic nitrogens is 1. The van der Waals surface area contributed by atoms with Crippen LogP contribution in [0.4, 0.5) is 47.3 Å². The Morgan fingerprint density at radius 3 is 1.56 bits per heavy atom. The molecule has 3 nitrogen and oxygen atoms in total. The van der Waals surface area contributed by atoms with Crippen LogP contribution < -0.4 is 26.2 Å². The molecule has 0 aliphatic carbocycles. The molecule has 0 atom stereocenters. The van der Waals surface area contributed by atoms with Crippen molar-refractivity contribution in [2.75, 3.05) is 9.80 Å². The van der Waals surface area contributed by atoms with Crippen LogP contribution in [-0.4, -0.2) is 11.3 Å². The van der Waals surface area contributed by atoms with Crippen molar-refractivity contribution in [2.24, 2.45) is 0 Å². The van der Waals surface area contributed by atoms with Crippen LogP contribution in [0.25, 0.3) is 49.7 Å². The van der Waals surface area contributed by atoms with Gasteiger partial charge in [-0.05, 0) is 118 Å². The fourth-order valence-corrected chi connectivity index (χ4v) is 9.96. The lowest BCUT2D eigenvalue weighted by Gasteiger charge is -2.44. The second kappa shape index (κ2) is 13.9. The standard InChI is InChI=1S/C55H35BF3N3/c57-55(58,59)39-17-15-16-37(32-39)42-22-7-11-26-47(42)62-48-27-12-8-23-43(48)44-33-36(30-31-49(44)62)38-34-52-54-53(35-38)61(41-20-5-2-6-21-41)51-29-14-10-25-46(51)56(54)45-24-9-13-28-50(45)60(52)40-18-3-1-4-19-40/h1-35H. The molecule has 2 aliphatic heterocycles. The summed E-state index contributed by atoms with van der Waals surface area (Å²) in [4.78, 5) is 4.83. The maximum atomic E-state index is 14.0. The zero-order valence-electron chi connectivity index (χ0n) is 33.3. The van der Waals surface area contributed by atoms with E-state index in [4.69, 9.17) is 0 Å². The molecule has 294 valence electrons. The lowest BCUT2D eigenvalue weighted by atomic mass is 9.33. The van der Waals surface area contributed by atoms with Gasteiger partial charge in [0.1, 0.15) is 0 Å². The third kappa shape index (κ3) is 5.55. The van der Waals surface area contributed by atoms with E-state index in [9.17, 15) is 13.2 Å². The van der Waals surface area contributed by atoms with Gasteiger partial charge in [0.2, 0.25) is 0 Å². The monoisotopic (exact) mass is 805 g/mol. The van der Waals surface area contributed by atoms with Crippen molar-refractivity contribution in [3.05, 3.63) is 218 Å². The van der Waals surface area contributed by atoms with Crippen molar-refractivity contribution in [2.45, 2.75) is 6.18 Å². The van der Waals surface area contributed by atoms with E-state index in [2.05, 4.69) is 166 Å². The molecule has 62 heavy (non-hydrogen) atoms. The maximum absolute atomic E-state index is 14.0. The van der Waals surface area contributed by atoms with Crippen molar-refractivity contribution in [3.63, 3.8) is 0 Å². The zero-order chi connectivity index (χ0) is 41.5. The molecule has 0 fully saturated rings. The summed E-state index contributed by atoms with van der Waals surface area (Å²) in [7, 11) is 0. The molecule has 0 radical (unpaired) electrons. The number of hydrogen-bond donors (Lipinski definition) is 0. The molecule has 0 bridgehead atoms. The van der Waals surface area contributed by atoms with Gasteiger partial charge in [0.15, 0.2) is 0 Å². The number of rotatable bonds is 5. The molecule has 10 aromatic rings. The van der Waals surface area contributed by atoms with Crippen molar-refractivity contribution >= 4 is 79.0 Å². The molecule has 12 rings (SSSR count). The van der Waals surface area contributed by atoms with E-state index in [-0.39, 0.29) is 6.71 Å². The fourth-order valence-electron chi connectivity index (χ4n) is 9.96. The summed E-state index contributed by atoms with van der Waals surface area (Å²) in [5.41, 5.74) is 15.9. The van der Waals surface area contributed by atoms with E-state index >= 15 is 0 Å². The summed E-state index contributed by atoms with van der Waals surface area (Å²) in [6.45, 7) is 0.0127. The average Bonchev–Trinajstić information content (AvgIpc) is 3.65. The van der Waals surface area contributed by atoms with Gasteiger partial charge in [0.25, 0.3) is 6.71 Å². The first-order valence-corrected chi connectivity index (χ1v) is 20.8. The number of fused-ring (bicyclic) bond motifs is 7. The fraction of sp³-hybridized carbons (Fsp3) is 0.0182. The predicted octanol–water partition coefficient (Wildman–Crippen LogP) is 13.2. The number of anilines is 6. The van der Waals surface area contributed by atoms with Crippen LogP contribution in [0.1, 0.15) is 5.56 Å². The molecule has 3 heterocycles. The van der Waals surface area contributed by atoms with E-state index in [1.165, 1.54) is 28.5 Å². The molecule has 0 unspecified atom stereocenters. The first-order chi connectivity index (χ1) is 30.4. The quantitative estimate of drug-likeness (QED) is 0.161. The van der Waals surface area contributed by atoms with Crippen molar-refractivity contribution in [3.8, 4) is 27.9 Å². The molecule has 0 amide bonds. The number of benzene rings is 9. The second-order valence-electron chi connectivity index (χ2n) is 16.0. The van der Waals surface area contributed by atoms with Gasteiger partial charge in [-0.3, -0.25) is 0 Å². The highest BCUT2D eigenvalue weighted by molar-refractivity contribution is 7.00. The summed E-state index contributed by atoms with van der Waals surface area (Å²) in [5, 5.41) is 2.11. The molecule has 0 N–H and O–H groups in total. The summed E-state index contributed by atoms with van der Waals surface area (Å²) in [6, 6.07) is 71.8. The SMILES string of the molecule is FC(F)(F)c1cccc(-c2ccccc2-n2c3ccccc3c3cc(-c4cc5c6c(c4)N(c4ccccc4)c4ccccc4B6c4ccccc4N5c4ccccc4)ccc32)c1. The van der Waals surface area contributed by atoms with Crippen LogP contribution in [0.2, 0.25) is 0 Å². The predicted molar refractivity (Wildman–Crippen MR) is 251 cm³/mol. The Labute approximate surface area is 357 Å². The highest BCUT2D eigenvalue weighted by atomic mass is 19.4. The maximum Gasteiger partial charge on any atom is 0.416 e. The molecule has 0 saturated carbocycles. The molecule has 9 aromatic carbocycles. The van der Waals surface area contributed by atoms with Gasteiger partial charge in [-0.15, -0.1) is 0 Å². The van der Waals surface area contributed by atoms with Crippen LogP contribution in [-0.2, 0) is 6.18 Å². The third-order valence-corrected chi connectivity index (χ3v) is 12.6. The molecule has 7 heteroatoms. The van der Waals surface area contributed by atoms with E-state index < -0.39 is 11.7 Å². The van der Waals surface area contributed by atoms with Crippen molar-refractivity contribution in [1.29, 1.82) is 0 Å². The Morgan fingerprint density at radius 1 is 0.371 bits per heavy atom. The Balaban J connectivity index is 1.11. The van der Waals surface area contributed by atoms with Gasteiger partial charge in [-0.1, -0.05) is 127 Å². The minimum atomic E-state index is -4.45. The molecule has 1 aromatic heterocycles. The zero-order valence-corrected chi connectivity index (χ0v) is 33.3. The minimum Gasteiger partial charge on any atom is -0.311 e. The number of alkyl halides is 3. The summed E-state index contributed by atoms with van der Waals surface area (Å²) in [5.74, 6) is 0. The minimum absolute atomic E-state index is 0.0127. The number of hydrogen-bond acceptors (Lipinski definition) is 2. The Bertz CT molecular complexity index is 3260. The van der Waals surface area contributed by atoms with E-state index in [1.54, 1.807) is 6.07 Å². The van der Waals surface area contributed by atoms with Crippen LogP contribution in [0.3, 0.4) is 0 Å². The third-order valence-electron chi connectivity index (χ3n) is 12.6. The molecule has 2 aliphatic rings. The van der Waals surface area contributed by atoms with Crippen molar-refractivity contribution < 1.29 is 13.2 Å². The Kier molecular flexibility index (Phi) is 8.10. The van der Waals surface area contributed by atoms with E-state index in [1.807, 2.05) is 36.4 Å². The van der Waals surface area contributed by atoms with Gasteiger partial charge >= 0.3 is 6.18 Å². The summed E-state index contributed by atoms with van der Waals surface area (Å²) < 4.78 is 44.0. The molecule has 0 saturated heterocycles.